The summed E-state index contributed by atoms with van der Waals surface area (Å²) in [4.78, 5) is 11.4. The number of carboxylic acids is 1. The average molecular weight is 230 g/mol. The van der Waals surface area contributed by atoms with Crippen LogP contribution in [-0.2, 0) is 11.2 Å². The van der Waals surface area contributed by atoms with Crippen LogP contribution in [0.2, 0.25) is 0 Å². The van der Waals surface area contributed by atoms with Gasteiger partial charge in [-0.3, -0.25) is 4.79 Å². The molecule has 0 bridgehead atoms. The van der Waals surface area contributed by atoms with Crippen molar-refractivity contribution in [3.63, 3.8) is 0 Å². The van der Waals surface area contributed by atoms with Crippen LogP contribution in [0.25, 0.3) is 0 Å². The first-order chi connectivity index (χ1) is 8.03. The normalized spacial score (nSPS) is 14.0. The Morgan fingerprint density at radius 1 is 1.41 bits per heavy atom. The largest absolute Gasteiger partial charge is 0.480 e. The van der Waals surface area contributed by atoms with Gasteiger partial charge in [0.1, 0.15) is 5.41 Å². The highest BCUT2D eigenvalue weighted by Gasteiger charge is 2.39. The van der Waals surface area contributed by atoms with E-state index in [1.165, 1.54) is 0 Å². The van der Waals surface area contributed by atoms with Crippen molar-refractivity contribution in [2.24, 2.45) is 11.3 Å². The van der Waals surface area contributed by atoms with Crippen molar-refractivity contribution in [2.75, 3.05) is 0 Å². The van der Waals surface area contributed by atoms with Crippen molar-refractivity contribution >= 4 is 5.97 Å². The monoisotopic (exact) mass is 230 g/mol. The highest BCUT2D eigenvalue weighted by Crippen LogP contribution is 2.32. The van der Waals surface area contributed by atoms with E-state index in [2.05, 4.69) is 5.92 Å². The average Bonchev–Trinajstić information content (AvgIpc) is 2.31. The van der Waals surface area contributed by atoms with E-state index in [1.807, 2.05) is 44.2 Å². The standard InChI is InChI=1S/C15H18O2/c1-4-15(12(2)3,14(16)17)11-10-13-8-6-5-7-9-13/h1,5-9,12H,10-11H2,2-3H3,(H,16,17). The quantitative estimate of drug-likeness (QED) is 0.789. The molecule has 17 heavy (non-hydrogen) atoms. The van der Waals surface area contributed by atoms with Crippen LogP contribution < -0.4 is 0 Å². The molecule has 0 spiro atoms. The number of benzene rings is 1. The molecule has 1 N–H and O–H groups in total. The van der Waals surface area contributed by atoms with E-state index in [1.54, 1.807) is 0 Å². The van der Waals surface area contributed by atoms with E-state index < -0.39 is 11.4 Å². The molecule has 0 saturated heterocycles. The van der Waals surface area contributed by atoms with Crippen LogP contribution in [0.15, 0.2) is 30.3 Å². The summed E-state index contributed by atoms with van der Waals surface area (Å²) in [6.45, 7) is 3.72. The van der Waals surface area contributed by atoms with E-state index in [4.69, 9.17) is 6.42 Å². The molecule has 0 aromatic heterocycles. The number of carboxylic acid groups (broad SMARTS) is 1. The molecule has 1 aromatic carbocycles. The van der Waals surface area contributed by atoms with Gasteiger partial charge in [-0.15, -0.1) is 6.42 Å². The molecule has 90 valence electrons. The molecule has 0 fully saturated rings. The number of aryl methyl sites for hydroxylation is 1. The molecule has 0 heterocycles. The highest BCUT2D eigenvalue weighted by atomic mass is 16.4. The van der Waals surface area contributed by atoms with Crippen molar-refractivity contribution in [3.8, 4) is 12.3 Å². The first-order valence-electron chi connectivity index (χ1n) is 5.78. The van der Waals surface area contributed by atoms with Crippen molar-refractivity contribution in [1.29, 1.82) is 0 Å². The molecule has 0 aliphatic heterocycles. The van der Waals surface area contributed by atoms with Crippen molar-refractivity contribution in [3.05, 3.63) is 35.9 Å². The van der Waals surface area contributed by atoms with E-state index in [0.717, 1.165) is 5.56 Å². The van der Waals surface area contributed by atoms with Gasteiger partial charge in [0, 0.05) is 0 Å². The van der Waals surface area contributed by atoms with Gasteiger partial charge in [0.2, 0.25) is 0 Å². The van der Waals surface area contributed by atoms with Gasteiger partial charge in [-0.25, -0.2) is 0 Å². The number of terminal acetylenes is 1. The van der Waals surface area contributed by atoms with Gasteiger partial charge in [-0.05, 0) is 24.3 Å². The zero-order chi connectivity index (χ0) is 12.9. The Bertz CT molecular complexity index is 414. The predicted molar refractivity (Wildman–Crippen MR) is 68.5 cm³/mol. The van der Waals surface area contributed by atoms with Gasteiger partial charge in [-0.2, -0.15) is 0 Å². The van der Waals surface area contributed by atoms with Crippen LogP contribution in [0.1, 0.15) is 25.8 Å². The van der Waals surface area contributed by atoms with Crippen LogP contribution >= 0.6 is 0 Å². The molecular weight excluding hydrogens is 212 g/mol. The van der Waals surface area contributed by atoms with Gasteiger partial charge in [0.25, 0.3) is 0 Å². The molecule has 2 nitrogen and oxygen atoms in total. The number of carbonyl (C=O) groups is 1. The zero-order valence-electron chi connectivity index (χ0n) is 10.3. The first kappa shape index (κ1) is 13.3. The maximum Gasteiger partial charge on any atom is 0.322 e. The smallest absolute Gasteiger partial charge is 0.322 e. The number of hydrogen-bond acceptors (Lipinski definition) is 1. The third-order valence-electron chi connectivity index (χ3n) is 3.28. The maximum atomic E-state index is 11.4. The van der Waals surface area contributed by atoms with Gasteiger partial charge in [0.05, 0.1) is 0 Å². The summed E-state index contributed by atoms with van der Waals surface area (Å²) in [7, 11) is 0. The molecule has 1 rings (SSSR count). The van der Waals surface area contributed by atoms with Crippen molar-refractivity contribution < 1.29 is 9.90 Å². The number of hydrogen-bond donors (Lipinski definition) is 1. The van der Waals surface area contributed by atoms with Gasteiger partial charge in [-0.1, -0.05) is 50.1 Å². The highest BCUT2D eigenvalue weighted by molar-refractivity contribution is 5.78. The Labute approximate surface area is 103 Å². The summed E-state index contributed by atoms with van der Waals surface area (Å²) >= 11 is 0. The Balaban J connectivity index is 2.83. The summed E-state index contributed by atoms with van der Waals surface area (Å²) < 4.78 is 0. The molecular formula is C15H18O2. The van der Waals surface area contributed by atoms with E-state index in [0.29, 0.717) is 12.8 Å². The van der Waals surface area contributed by atoms with Gasteiger partial charge >= 0.3 is 5.97 Å². The molecule has 0 amide bonds. The number of aliphatic carboxylic acids is 1. The third kappa shape index (κ3) is 2.88. The zero-order valence-corrected chi connectivity index (χ0v) is 10.3. The summed E-state index contributed by atoms with van der Waals surface area (Å²) in [6.07, 6.45) is 6.61. The van der Waals surface area contributed by atoms with Crippen LogP contribution in [-0.4, -0.2) is 11.1 Å². The molecule has 0 saturated carbocycles. The summed E-state index contributed by atoms with van der Waals surface area (Å²) in [6, 6.07) is 9.82. The molecule has 2 heteroatoms. The Kier molecular flexibility index (Phi) is 4.34. The van der Waals surface area contributed by atoms with Crippen LogP contribution in [0.4, 0.5) is 0 Å². The van der Waals surface area contributed by atoms with Gasteiger partial charge < -0.3 is 5.11 Å². The SMILES string of the molecule is C#CC(CCc1ccccc1)(C(=O)O)C(C)C. The predicted octanol–water partition coefficient (Wildman–Crippen LogP) is 2.98. The first-order valence-corrected chi connectivity index (χ1v) is 5.78. The van der Waals surface area contributed by atoms with Crippen LogP contribution in [0.3, 0.4) is 0 Å². The lowest BCUT2D eigenvalue weighted by Gasteiger charge is -2.27. The summed E-state index contributed by atoms with van der Waals surface area (Å²) in [5, 5.41) is 9.33. The summed E-state index contributed by atoms with van der Waals surface area (Å²) in [5.74, 6) is 1.51. The maximum absolute atomic E-state index is 11.4. The van der Waals surface area contributed by atoms with E-state index in [-0.39, 0.29) is 5.92 Å². The van der Waals surface area contributed by atoms with Crippen molar-refractivity contribution in [2.45, 2.75) is 26.7 Å². The molecule has 1 aromatic rings. The number of rotatable bonds is 5. The van der Waals surface area contributed by atoms with Gasteiger partial charge in [0.15, 0.2) is 0 Å². The minimum Gasteiger partial charge on any atom is -0.480 e. The lowest BCUT2D eigenvalue weighted by Crippen LogP contribution is -2.35. The molecule has 1 atom stereocenters. The Morgan fingerprint density at radius 2 is 2.00 bits per heavy atom. The topological polar surface area (TPSA) is 37.3 Å². The van der Waals surface area contributed by atoms with E-state index in [9.17, 15) is 9.90 Å². The minimum atomic E-state index is -1.06. The third-order valence-corrected chi connectivity index (χ3v) is 3.28. The fourth-order valence-electron chi connectivity index (χ4n) is 1.93. The summed E-state index contributed by atoms with van der Waals surface area (Å²) in [5.41, 5.74) is 0.0598. The Hall–Kier alpha value is -1.75. The molecule has 1 unspecified atom stereocenters. The fraction of sp³-hybridized carbons (Fsp3) is 0.400. The molecule has 0 aliphatic carbocycles. The van der Waals surface area contributed by atoms with Crippen LogP contribution in [0, 0.1) is 23.7 Å². The minimum absolute atomic E-state index is 0.0753. The lowest BCUT2D eigenvalue weighted by atomic mass is 9.74. The Morgan fingerprint density at radius 3 is 2.41 bits per heavy atom. The molecule has 0 aliphatic rings. The fourth-order valence-corrected chi connectivity index (χ4v) is 1.93. The van der Waals surface area contributed by atoms with Crippen molar-refractivity contribution in [1.82, 2.24) is 0 Å². The van der Waals surface area contributed by atoms with Crippen LogP contribution in [0.5, 0.6) is 0 Å². The second-order valence-corrected chi connectivity index (χ2v) is 4.56. The second-order valence-electron chi connectivity index (χ2n) is 4.56. The second kappa shape index (κ2) is 5.54. The lowest BCUT2D eigenvalue weighted by molar-refractivity contribution is -0.148. The van der Waals surface area contributed by atoms with E-state index >= 15 is 0 Å². The molecule has 0 radical (unpaired) electrons.